The van der Waals surface area contributed by atoms with E-state index in [0.717, 1.165) is 12.0 Å². The minimum Gasteiger partial charge on any atom is -0.423 e. The van der Waals surface area contributed by atoms with Gasteiger partial charge in [-0.3, -0.25) is 0 Å². The van der Waals surface area contributed by atoms with Crippen molar-refractivity contribution in [1.82, 2.24) is 0 Å². The molecule has 0 fully saturated rings. The van der Waals surface area contributed by atoms with Gasteiger partial charge < -0.3 is 4.74 Å². The summed E-state index contributed by atoms with van der Waals surface area (Å²) in [6.45, 7) is 3.66. The molecule has 2 heteroatoms. The molecule has 1 aliphatic rings. The molecule has 0 aliphatic heterocycles. The average molecular weight is 212 g/mol. The Labute approximate surface area is 94.6 Å². The molecule has 1 aromatic carbocycles. The number of carbonyl (C=O) groups is 1. The fraction of sp³-hybridized carbons (Fsp3) is 0.0714. The van der Waals surface area contributed by atoms with E-state index in [0.29, 0.717) is 11.3 Å². The van der Waals surface area contributed by atoms with E-state index in [9.17, 15) is 4.79 Å². The molecule has 0 atom stereocenters. The second kappa shape index (κ2) is 4.62. The normalized spacial score (nSPS) is 13.4. The van der Waals surface area contributed by atoms with Gasteiger partial charge in [-0.05, 0) is 24.1 Å². The highest BCUT2D eigenvalue weighted by atomic mass is 16.5. The van der Waals surface area contributed by atoms with E-state index >= 15 is 0 Å². The quantitative estimate of drug-likeness (QED) is 0.568. The topological polar surface area (TPSA) is 26.3 Å². The van der Waals surface area contributed by atoms with Crippen molar-refractivity contribution in [2.24, 2.45) is 0 Å². The number of benzene rings is 1. The Bertz CT molecular complexity index is 464. The Balaban J connectivity index is 2.06. The van der Waals surface area contributed by atoms with Crippen LogP contribution in [0.1, 0.15) is 12.0 Å². The summed E-state index contributed by atoms with van der Waals surface area (Å²) in [5, 5.41) is 0. The second-order valence-electron chi connectivity index (χ2n) is 3.46. The molecule has 0 unspecified atom stereocenters. The first kappa shape index (κ1) is 10.4. The van der Waals surface area contributed by atoms with Crippen molar-refractivity contribution in [2.45, 2.75) is 6.42 Å². The van der Waals surface area contributed by atoms with Gasteiger partial charge in [0.2, 0.25) is 0 Å². The van der Waals surface area contributed by atoms with Crippen LogP contribution in [0, 0.1) is 0 Å². The summed E-state index contributed by atoms with van der Waals surface area (Å²) in [7, 11) is 0. The lowest BCUT2D eigenvalue weighted by atomic mass is 10.2. The standard InChI is InChI=1S/C14H12O2/c1-2-11-7-9-13(10-8-11)16-14(15)12-5-3-4-6-12/h2-3,5-10H,1,4H2. The number of esters is 1. The number of rotatable bonds is 3. The summed E-state index contributed by atoms with van der Waals surface area (Å²) in [6.07, 6.45) is 8.10. The fourth-order valence-corrected chi connectivity index (χ4v) is 1.45. The maximum Gasteiger partial charge on any atom is 0.343 e. The van der Waals surface area contributed by atoms with Crippen LogP contribution >= 0.6 is 0 Å². The molecule has 2 nitrogen and oxygen atoms in total. The lowest BCUT2D eigenvalue weighted by Gasteiger charge is -2.03. The van der Waals surface area contributed by atoms with E-state index in [1.54, 1.807) is 24.3 Å². The molecule has 0 bridgehead atoms. The van der Waals surface area contributed by atoms with Gasteiger partial charge in [0.25, 0.3) is 0 Å². The summed E-state index contributed by atoms with van der Waals surface area (Å²) >= 11 is 0. The molecule has 0 saturated heterocycles. The zero-order valence-electron chi connectivity index (χ0n) is 8.85. The molecule has 0 radical (unpaired) electrons. The van der Waals surface area contributed by atoms with Crippen molar-refractivity contribution in [3.05, 3.63) is 60.2 Å². The molecule has 0 saturated carbocycles. The van der Waals surface area contributed by atoms with Crippen LogP contribution in [0.5, 0.6) is 5.75 Å². The summed E-state index contributed by atoms with van der Waals surface area (Å²) in [6, 6.07) is 7.23. The summed E-state index contributed by atoms with van der Waals surface area (Å²) < 4.78 is 5.21. The van der Waals surface area contributed by atoms with Crippen molar-refractivity contribution in [1.29, 1.82) is 0 Å². The molecule has 0 heterocycles. The van der Waals surface area contributed by atoms with Crippen LogP contribution in [0.15, 0.2) is 54.6 Å². The highest BCUT2D eigenvalue weighted by molar-refractivity contribution is 5.93. The van der Waals surface area contributed by atoms with E-state index in [4.69, 9.17) is 4.74 Å². The summed E-state index contributed by atoms with van der Waals surface area (Å²) in [5.41, 5.74) is 1.62. The maximum atomic E-state index is 11.6. The van der Waals surface area contributed by atoms with Gasteiger partial charge in [0.15, 0.2) is 0 Å². The first-order valence-corrected chi connectivity index (χ1v) is 5.11. The average Bonchev–Trinajstić information content (AvgIpc) is 2.83. The number of ether oxygens (including phenoxy) is 1. The Morgan fingerprint density at radius 3 is 2.62 bits per heavy atom. The number of allylic oxidation sites excluding steroid dienone is 2. The van der Waals surface area contributed by atoms with Gasteiger partial charge in [-0.1, -0.05) is 43.0 Å². The van der Waals surface area contributed by atoms with E-state index in [1.807, 2.05) is 24.3 Å². The van der Waals surface area contributed by atoms with Crippen molar-refractivity contribution in [2.75, 3.05) is 0 Å². The summed E-state index contributed by atoms with van der Waals surface area (Å²) in [4.78, 5) is 11.6. The summed E-state index contributed by atoms with van der Waals surface area (Å²) in [5.74, 6) is 0.247. The lowest BCUT2D eigenvalue weighted by Crippen LogP contribution is -2.08. The van der Waals surface area contributed by atoms with E-state index < -0.39 is 0 Å². The molecule has 16 heavy (non-hydrogen) atoms. The van der Waals surface area contributed by atoms with Crippen LogP contribution in [0.4, 0.5) is 0 Å². The van der Waals surface area contributed by atoms with Crippen LogP contribution in [0.3, 0.4) is 0 Å². The molecular weight excluding hydrogens is 200 g/mol. The monoisotopic (exact) mass is 212 g/mol. The van der Waals surface area contributed by atoms with Crippen LogP contribution < -0.4 is 4.74 Å². The minimum atomic E-state index is -0.305. The molecule has 2 rings (SSSR count). The molecule has 0 spiro atoms. The van der Waals surface area contributed by atoms with Gasteiger partial charge in [-0.15, -0.1) is 0 Å². The van der Waals surface area contributed by atoms with Crippen molar-refractivity contribution in [3.63, 3.8) is 0 Å². The first-order chi connectivity index (χ1) is 7.79. The SMILES string of the molecule is C=Cc1ccc(OC(=O)C2=CCC=C2)cc1. The third-order valence-electron chi connectivity index (χ3n) is 2.33. The predicted molar refractivity (Wildman–Crippen MR) is 64.0 cm³/mol. The fourth-order valence-electron chi connectivity index (χ4n) is 1.45. The van der Waals surface area contributed by atoms with Crippen LogP contribution in [-0.2, 0) is 4.79 Å². The van der Waals surface area contributed by atoms with E-state index in [2.05, 4.69) is 6.58 Å². The third-order valence-corrected chi connectivity index (χ3v) is 2.33. The smallest absolute Gasteiger partial charge is 0.343 e. The van der Waals surface area contributed by atoms with Crippen molar-refractivity contribution in [3.8, 4) is 5.75 Å². The zero-order chi connectivity index (χ0) is 11.4. The van der Waals surface area contributed by atoms with E-state index in [1.165, 1.54) is 0 Å². The molecule has 0 aromatic heterocycles. The Hall–Kier alpha value is -2.09. The van der Waals surface area contributed by atoms with Crippen molar-refractivity contribution < 1.29 is 9.53 Å². The zero-order valence-corrected chi connectivity index (χ0v) is 8.85. The Morgan fingerprint density at radius 1 is 1.31 bits per heavy atom. The van der Waals surface area contributed by atoms with Gasteiger partial charge in [0, 0.05) is 0 Å². The third kappa shape index (κ3) is 2.28. The maximum absolute atomic E-state index is 11.6. The van der Waals surface area contributed by atoms with Crippen molar-refractivity contribution >= 4 is 12.0 Å². The number of hydrogen-bond donors (Lipinski definition) is 0. The molecular formula is C14H12O2. The number of hydrogen-bond acceptors (Lipinski definition) is 2. The molecule has 80 valence electrons. The minimum absolute atomic E-state index is 0.305. The Kier molecular flexibility index (Phi) is 3.01. The lowest BCUT2D eigenvalue weighted by molar-refractivity contribution is -0.129. The molecule has 1 aliphatic carbocycles. The van der Waals surface area contributed by atoms with Crippen LogP contribution in [-0.4, -0.2) is 5.97 Å². The highest BCUT2D eigenvalue weighted by Gasteiger charge is 2.11. The largest absolute Gasteiger partial charge is 0.423 e. The van der Waals surface area contributed by atoms with E-state index in [-0.39, 0.29) is 5.97 Å². The second-order valence-corrected chi connectivity index (χ2v) is 3.46. The van der Waals surface area contributed by atoms with Gasteiger partial charge >= 0.3 is 5.97 Å². The van der Waals surface area contributed by atoms with Gasteiger partial charge in [0.05, 0.1) is 5.57 Å². The molecule has 0 N–H and O–H groups in total. The van der Waals surface area contributed by atoms with Crippen LogP contribution in [0.25, 0.3) is 6.08 Å². The van der Waals surface area contributed by atoms with Gasteiger partial charge in [0.1, 0.15) is 5.75 Å². The Morgan fingerprint density at radius 2 is 2.06 bits per heavy atom. The van der Waals surface area contributed by atoms with Gasteiger partial charge in [-0.25, -0.2) is 4.79 Å². The highest BCUT2D eigenvalue weighted by Crippen LogP contribution is 2.16. The van der Waals surface area contributed by atoms with Gasteiger partial charge in [-0.2, -0.15) is 0 Å². The van der Waals surface area contributed by atoms with Crippen LogP contribution in [0.2, 0.25) is 0 Å². The predicted octanol–water partition coefficient (Wildman–Crippen LogP) is 3.12. The first-order valence-electron chi connectivity index (χ1n) is 5.11. The molecule has 0 amide bonds. The molecule has 1 aromatic rings. The number of carbonyl (C=O) groups excluding carboxylic acids is 1.